The zero-order valence-electron chi connectivity index (χ0n) is 10.6. The second-order valence-electron chi connectivity index (χ2n) is 4.27. The SMILES string of the molecule is Cc1ccccc1COc1ccc(C(=N)N)cc1F. The first kappa shape index (κ1) is 13.1. The molecule has 98 valence electrons. The number of nitrogen functional groups attached to an aromatic ring is 1. The van der Waals surface area contributed by atoms with Gasteiger partial charge in [-0.15, -0.1) is 0 Å². The average molecular weight is 258 g/mol. The molecule has 4 heteroatoms. The molecule has 0 aliphatic rings. The Hall–Kier alpha value is -2.36. The lowest BCUT2D eigenvalue weighted by Crippen LogP contribution is -2.11. The van der Waals surface area contributed by atoms with Gasteiger partial charge >= 0.3 is 0 Å². The van der Waals surface area contributed by atoms with Crippen LogP contribution in [-0.4, -0.2) is 5.84 Å². The average Bonchev–Trinajstić information content (AvgIpc) is 2.39. The van der Waals surface area contributed by atoms with Crippen molar-refractivity contribution in [2.75, 3.05) is 0 Å². The predicted octanol–water partition coefficient (Wildman–Crippen LogP) is 3.00. The third kappa shape index (κ3) is 3.10. The molecule has 0 unspecified atom stereocenters. The molecule has 0 aromatic heterocycles. The molecule has 0 radical (unpaired) electrons. The van der Waals surface area contributed by atoms with E-state index in [-0.39, 0.29) is 11.6 Å². The zero-order chi connectivity index (χ0) is 13.8. The topological polar surface area (TPSA) is 59.1 Å². The highest BCUT2D eigenvalue weighted by molar-refractivity contribution is 5.95. The second kappa shape index (κ2) is 5.52. The van der Waals surface area contributed by atoms with E-state index in [9.17, 15) is 4.39 Å². The number of amidine groups is 1. The van der Waals surface area contributed by atoms with E-state index < -0.39 is 5.82 Å². The van der Waals surface area contributed by atoms with Crippen molar-refractivity contribution in [1.29, 1.82) is 5.41 Å². The maximum absolute atomic E-state index is 13.7. The number of hydrogen-bond acceptors (Lipinski definition) is 2. The summed E-state index contributed by atoms with van der Waals surface area (Å²) in [5.74, 6) is -0.515. The number of benzene rings is 2. The molecule has 2 aromatic rings. The number of hydrogen-bond donors (Lipinski definition) is 2. The first-order valence-electron chi connectivity index (χ1n) is 5.89. The molecular weight excluding hydrogens is 243 g/mol. The summed E-state index contributed by atoms with van der Waals surface area (Å²) >= 11 is 0. The van der Waals surface area contributed by atoms with E-state index in [0.29, 0.717) is 12.2 Å². The van der Waals surface area contributed by atoms with Crippen LogP contribution in [0.25, 0.3) is 0 Å². The van der Waals surface area contributed by atoms with Crippen LogP contribution < -0.4 is 10.5 Å². The first-order valence-corrected chi connectivity index (χ1v) is 5.89. The van der Waals surface area contributed by atoms with Crippen LogP contribution in [-0.2, 0) is 6.61 Å². The molecule has 19 heavy (non-hydrogen) atoms. The van der Waals surface area contributed by atoms with Crippen LogP contribution in [0.3, 0.4) is 0 Å². The number of aryl methyl sites for hydroxylation is 1. The lowest BCUT2D eigenvalue weighted by atomic mass is 10.1. The Morgan fingerprint density at radius 3 is 2.63 bits per heavy atom. The van der Waals surface area contributed by atoms with Gasteiger partial charge in [0.25, 0.3) is 0 Å². The third-order valence-corrected chi connectivity index (χ3v) is 2.89. The van der Waals surface area contributed by atoms with Gasteiger partial charge in [0, 0.05) is 5.56 Å². The highest BCUT2D eigenvalue weighted by Gasteiger charge is 2.07. The maximum atomic E-state index is 13.7. The largest absolute Gasteiger partial charge is 0.486 e. The van der Waals surface area contributed by atoms with Crippen LogP contribution in [0.15, 0.2) is 42.5 Å². The van der Waals surface area contributed by atoms with Crippen LogP contribution in [0.5, 0.6) is 5.75 Å². The van der Waals surface area contributed by atoms with Gasteiger partial charge in [-0.05, 0) is 36.2 Å². The minimum absolute atomic E-state index is 0.160. The number of nitrogens with one attached hydrogen (secondary N) is 1. The Labute approximate surface area is 111 Å². The van der Waals surface area contributed by atoms with E-state index >= 15 is 0 Å². The molecule has 0 spiro atoms. The smallest absolute Gasteiger partial charge is 0.165 e. The van der Waals surface area contributed by atoms with Gasteiger partial charge in [-0.1, -0.05) is 24.3 Å². The van der Waals surface area contributed by atoms with E-state index in [1.807, 2.05) is 31.2 Å². The Bertz CT molecular complexity index is 611. The third-order valence-electron chi connectivity index (χ3n) is 2.89. The fraction of sp³-hybridized carbons (Fsp3) is 0.133. The molecule has 3 nitrogen and oxygen atoms in total. The molecule has 0 fully saturated rings. The van der Waals surface area contributed by atoms with Crippen molar-refractivity contribution >= 4 is 5.84 Å². The van der Waals surface area contributed by atoms with Gasteiger partial charge in [0.05, 0.1) is 0 Å². The lowest BCUT2D eigenvalue weighted by Gasteiger charge is -2.10. The number of rotatable bonds is 4. The van der Waals surface area contributed by atoms with Crippen LogP contribution in [0.1, 0.15) is 16.7 Å². The molecular formula is C15H15FN2O. The van der Waals surface area contributed by atoms with Gasteiger partial charge in [0.1, 0.15) is 12.4 Å². The van der Waals surface area contributed by atoms with E-state index in [4.69, 9.17) is 15.9 Å². The molecule has 2 rings (SSSR count). The summed E-state index contributed by atoms with van der Waals surface area (Å²) in [7, 11) is 0. The lowest BCUT2D eigenvalue weighted by molar-refractivity contribution is 0.289. The highest BCUT2D eigenvalue weighted by atomic mass is 19.1. The van der Waals surface area contributed by atoms with Gasteiger partial charge in [0.2, 0.25) is 0 Å². The monoisotopic (exact) mass is 258 g/mol. The van der Waals surface area contributed by atoms with E-state index in [0.717, 1.165) is 11.1 Å². The Balaban J connectivity index is 2.12. The van der Waals surface area contributed by atoms with E-state index in [1.54, 1.807) is 6.07 Å². The summed E-state index contributed by atoms with van der Waals surface area (Å²) < 4.78 is 19.2. The maximum Gasteiger partial charge on any atom is 0.165 e. The molecule has 0 saturated heterocycles. The normalized spacial score (nSPS) is 10.2. The zero-order valence-corrected chi connectivity index (χ0v) is 10.6. The fourth-order valence-electron chi connectivity index (χ4n) is 1.71. The van der Waals surface area contributed by atoms with E-state index in [1.165, 1.54) is 12.1 Å². The van der Waals surface area contributed by atoms with Gasteiger partial charge in [0.15, 0.2) is 11.6 Å². The van der Waals surface area contributed by atoms with Crippen LogP contribution in [0.4, 0.5) is 4.39 Å². The minimum Gasteiger partial charge on any atom is -0.486 e. The summed E-state index contributed by atoms with van der Waals surface area (Å²) in [5.41, 5.74) is 7.75. The van der Waals surface area contributed by atoms with Crippen LogP contribution >= 0.6 is 0 Å². The first-order chi connectivity index (χ1) is 9.08. The van der Waals surface area contributed by atoms with Crippen molar-refractivity contribution in [1.82, 2.24) is 0 Å². The molecule has 0 amide bonds. The van der Waals surface area contributed by atoms with Crippen molar-refractivity contribution in [3.05, 3.63) is 65.0 Å². The molecule has 0 saturated carbocycles. The van der Waals surface area contributed by atoms with Crippen molar-refractivity contribution in [3.63, 3.8) is 0 Å². The summed E-state index contributed by atoms with van der Waals surface area (Å²) in [6.07, 6.45) is 0. The Morgan fingerprint density at radius 2 is 2.00 bits per heavy atom. The Morgan fingerprint density at radius 1 is 1.26 bits per heavy atom. The van der Waals surface area contributed by atoms with E-state index in [2.05, 4.69) is 0 Å². The minimum atomic E-state index is -0.513. The van der Waals surface area contributed by atoms with Gasteiger partial charge in [-0.2, -0.15) is 0 Å². The van der Waals surface area contributed by atoms with Gasteiger partial charge < -0.3 is 10.5 Å². The van der Waals surface area contributed by atoms with Crippen LogP contribution in [0, 0.1) is 18.2 Å². The van der Waals surface area contributed by atoms with Crippen LogP contribution in [0.2, 0.25) is 0 Å². The molecule has 0 aliphatic carbocycles. The van der Waals surface area contributed by atoms with Crippen molar-refractivity contribution in [2.24, 2.45) is 5.73 Å². The molecule has 0 heterocycles. The number of halogens is 1. The van der Waals surface area contributed by atoms with Crippen molar-refractivity contribution < 1.29 is 9.13 Å². The van der Waals surface area contributed by atoms with Crippen molar-refractivity contribution in [3.8, 4) is 5.75 Å². The molecule has 0 atom stereocenters. The van der Waals surface area contributed by atoms with Gasteiger partial charge in [-0.25, -0.2) is 4.39 Å². The highest BCUT2D eigenvalue weighted by Crippen LogP contribution is 2.20. The molecule has 0 aliphatic heterocycles. The standard InChI is InChI=1S/C15H15FN2O/c1-10-4-2-3-5-12(10)9-19-14-7-6-11(15(17)18)8-13(14)16/h2-8H,9H2,1H3,(H3,17,18). The quantitative estimate of drug-likeness (QED) is 0.654. The summed E-state index contributed by atoms with van der Waals surface area (Å²) in [4.78, 5) is 0. The summed E-state index contributed by atoms with van der Waals surface area (Å²) in [6.45, 7) is 2.29. The fourth-order valence-corrected chi connectivity index (χ4v) is 1.71. The molecule has 2 aromatic carbocycles. The predicted molar refractivity (Wildman–Crippen MR) is 72.9 cm³/mol. The summed E-state index contributed by atoms with van der Waals surface area (Å²) in [5, 5.41) is 7.24. The van der Waals surface area contributed by atoms with Gasteiger partial charge in [-0.3, -0.25) is 5.41 Å². The molecule has 0 bridgehead atoms. The second-order valence-corrected chi connectivity index (χ2v) is 4.27. The summed E-state index contributed by atoms with van der Waals surface area (Å²) in [6, 6.07) is 12.0. The Kier molecular flexibility index (Phi) is 3.80. The number of nitrogens with two attached hydrogens (primary N) is 1. The number of ether oxygens (including phenoxy) is 1. The van der Waals surface area contributed by atoms with Crippen molar-refractivity contribution in [2.45, 2.75) is 13.5 Å². The molecule has 3 N–H and O–H groups in total.